The third-order valence-electron chi connectivity index (χ3n) is 9.10. The van der Waals surface area contributed by atoms with Crippen LogP contribution >= 0.6 is 15.8 Å². The van der Waals surface area contributed by atoms with Crippen LogP contribution in [0.25, 0.3) is 0 Å². The van der Waals surface area contributed by atoms with Crippen molar-refractivity contribution in [2.24, 2.45) is 0 Å². The molecule has 2 fully saturated rings. The third kappa shape index (κ3) is 8.55. The summed E-state index contributed by atoms with van der Waals surface area (Å²) in [4.78, 5) is 0. The zero-order chi connectivity index (χ0) is 27.7. The fourth-order valence-corrected chi connectivity index (χ4v) is 13.9. The van der Waals surface area contributed by atoms with Crippen LogP contribution in [-0.4, -0.2) is 11.3 Å². The number of hydrogen-bond donors (Lipinski definition) is 0. The van der Waals surface area contributed by atoms with Crippen molar-refractivity contribution in [1.82, 2.24) is 0 Å². The minimum absolute atomic E-state index is 0. The summed E-state index contributed by atoms with van der Waals surface area (Å²) in [5, 5.41) is 4.61. The van der Waals surface area contributed by atoms with Gasteiger partial charge in [0.15, 0.2) is 0 Å². The van der Waals surface area contributed by atoms with E-state index in [9.17, 15) is 0 Å². The molecular formula is C38H48FeP2-6. The summed E-state index contributed by atoms with van der Waals surface area (Å²) >= 11 is 0. The van der Waals surface area contributed by atoms with Crippen molar-refractivity contribution >= 4 is 31.8 Å². The van der Waals surface area contributed by atoms with E-state index >= 15 is 0 Å². The van der Waals surface area contributed by atoms with Gasteiger partial charge in [-0.05, 0) is 67.1 Å². The van der Waals surface area contributed by atoms with E-state index < -0.39 is 7.92 Å². The average molecular weight is 623 g/mol. The van der Waals surface area contributed by atoms with E-state index in [1.165, 1.54) is 85.9 Å². The molecule has 6 rings (SSSR count). The first-order chi connectivity index (χ1) is 19.6. The molecule has 1 unspecified atom stereocenters. The second kappa shape index (κ2) is 16.4. The van der Waals surface area contributed by atoms with Gasteiger partial charge in [0, 0.05) is 17.1 Å². The van der Waals surface area contributed by atoms with Crippen molar-refractivity contribution in [2.75, 3.05) is 0 Å². The van der Waals surface area contributed by atoms with E-state index in [0.29, 0.717) is 5.66 Å². The summed E-state index contributed by atoms with van der Waals surface area (Å²) in [5.41, 5.74) is 7.07. The smallest absolute Gasteiger partial charge is 0 e. The first-order valence-corrected chi connectivity index (χ1v) is 18.6. The maximum absolute atomic E-state index is 2.63. The van der Waals surface area contributed by atoms with Crippen LogP contribution in [0.4, 0.5) is 0 Å². The van der Waals surface area contributed by atoms with Gasteiger partial charge in [-0.2, -0.15) is 11.6 Å². The van der Waals surface area contributed by atoms with Crippen LogP contribution in [0, 0.1) is 13.8 Å². The molecule has 2 aliphatic carbocycles. The zero-order valence-electron chi connectivity index (χ0n) is 25.3. The van der Waals surface area contributed by atoms with Crippen LogP contribution in [-0.2, 0) is 17.1 Å². The van der Waals surface area contributed by atoms with E-state index in [-0.39, 0.29) is 25.0 Å². The van der Waals surface area contributed by atoms with Gasteiger partial charge in [0.05, 0.1) is 0 Å². The molecule has 4 aromatic carbocycles. The molecule has 0 nitrogen and oxygen atoms in total. The second-order valence-corrected chi connectivity index (χ2v) is 17.4. The van der Waals surface area contributed by atoms with Crippen LogP contribution in [0.3, 0.4) is 0 Å². The first-order valence-electron chi connectivity index (χ1n) is 15.7. The van der Waals surface area contributed by atoms with Crippen molar-refractivity contribution in [3.63, 3.8) is 0 Å². The summed E-state index contributed by atoms with van der Waals surface area (Å²) in [6.07, 6.45) is 14.8. The van der Waals surface area contributed by atoms with Gasteiger partial charge in [0.1, 0.15) is 0 Å². The molecule has 0 aromatic heterocycles. The monoisotopic (exact) mass is 622 g/mol. The molecule has 3 heteroatoms. The minimum atomic E-state index is -0.536. The molecule has 1 atom stereocenters. The Morgan fingerprint density at radius 2 is 1.05 bits per heavy atom. The quantitative estimate of drug-likeness (QED) is 0.109. The van der Waals surface area contributed by atoms with Gasteiger partial charge in [-0.3, -0.25) is 0 Å². The Bertz CT molecular complexity index is 1160. The Morgan fingerprint density at radius 1 is 0.634 bits per heavy atom. The molecule has 0 N–H and O–H groups in total. The van der Waals surface area contributed by atoms with Gasteiger partial charge in [-0.25, -0.2) is 12.1 Å². The Morgan fingerprint density at radius 3 is 1.46 bits per heavy atom. The van der Waals surface area contributed by atoms with E-state index in [2.05, 4.69) is 87.5 Å². The van der Waals surface area contributed by atoms with Gasteiger partial charge in [-0.15, -0.1) is 5.30 Å². The van der Waals surface area contributed by atoms with E-state index in [4.69, 9.17) is 0 Å². The predicted molar refractivity (Wildman–Crippen MR) is 181 cm³/mol. The maximum atomic E-state index is 2.63. The van der Waals surface area contributed by atoms with Gasteiger partial charge < -0.3 is 30.3 Å². The summed E-state index contributed by atoms with van der Waals surface area (Å²) in [7, 11) is -0.524. The topological polar surface area (TPSA) is 0 Å². The summed E-state index contributed by atoms with van der Waals surface area (Å²) in [6.45, 7) is 7.04. The molecule has 0 saturated heterocycles. The summed E-state index contributed by atoms with van der Waals surface area (Å²) in [6, 6.07) is 36.2. The van der Waals surface area contributed by atoms with E-state index in [1.54, 1.807) is 10.9 Å². The van der Waals surface area contributed by atoms with Crippen molar-refractivity contribution < 1.29 is 17.1 Å². The van der Waals surface area contributed by atoms with Gasteiger partial charge in [-0.1, -0.05) is 121 Å². The Labute approximate surface area is 263 Å². The largest absolute Gasteiger partial charge is 0.748 e. The van der Waals surface area contributed by atoms with Crippen LogP contribution < -0.4 is 15.9 Å². The fraction of sp³-hybridized carbons (Fsp3) is 0.421. The second-order valence-electron chi connectivity index (χ2n) is 12.0. The van der Waals surface area contributed by atoms with E-state index in [1.807, 2.05) is 30.3 Å². The van der Waals surface area contributed by atoms with Crippen LogP contribution in [0.1, 0.15) is 93.5 Å². The SMILES string of the molecule is Cc1ccc(P(c2ccc(C)cc2)[c-]2cccc2C(C)P(C2CCCCC2)C2CCCCC2)cc1.[Fe].[cH-]1[cH-][cH-][cH-][cH-]1. The van der Waals surface area contributed by atoms with Crippen molar-refractivity contribution in [3.05, 3.63) is 114 Å². The fourth-order valence-electron chi connectivity index (χ4n) is 6.97. The molecule has 0 amide bonds. The summed E-state index contributed by atoms with van der Waals surface area (Å²) in [5.74, 6) is 0. The summed E-state index contributed by atoms with van der Waals surface area (Å²) < 4.78 is 0. The molecule has 41 heavy (non-hydrogen) atoms. The van der Waals surface area contributed by atoms with Crippen molar-refractivity contribution in [3.8, 4) is 0 Å². The van der Waals surface area contributed by atoms with Gasteiger partial charge in [0.2, 0.25) is 0 Å². The standard InChI is InChI=1S/C33H43P2.C5H5.Fe/c1-25-17-21-30(22-18-25)35(31-23-19-26(2)20-24-31)33-16-10-15-32(33)27(3)34(28-11-6-4-7-12-28)29-13-8-5-9-14-29;1-2-4-5-3-1;/h10,15-24,27-29H,4-9,11-14H2,1-3H3;1-5H;/q-1;-5;. The van der Waals surface area contributed by atoms with Crippen molar-refractivity contribution in [1.29, 1.82) is 0 Å². The minimum Gasteiger partial charge on any atom is -0.748 e. The van der Waals surface area contributed by atoms with Crippen molar-refractivity contribution in [2.45, 2.75) is 102 Å². The molecule has 0 bridgehead atoms. The Kier molecular flexibility index (Phi) is 13.0. The molecule has 0 spiro atoms. The van der Waals surface area contributed by atoms with Crippen LogP contribution in [0.15, 0.2) is 97.1 Å². The Balaban J connectivity index is 0.000000584. The average Bonchev–Trinajstić information content (AvgIpc) is 3.73. The number of benzene rings is 2. The molecule has 0 radical (unpaired) electrons. The normalized spacial score (nSPS) is 17.1. The number of aryl methyl sites for hydroxylation is 2. The number of hydrogen-bond acceptors (Lipinski definition) is 0. The first kappa shape index (κ1) is 32.4. The van der Waals surface area contributed by atoms with Crippen LogP contribution in [0.5, 0.6) is 0 Å². The molecular weight excluding hydrogens is 574 g/mol. The van der Waals surface area contributed by atoms with E-state index in [0.717, 1.165) is 11.3 Å². The molecule has 2 saturated carbocycles. The molecule has 0 aliphatic heterocycles. The van der Waals surface area contributed by atoms with Crippen LogP contribution in [0.2, 0.25) is 0 Å². The molecule has 2 aliphatic rings. The molecule has 4 aromatic rings. The number of rotatable bonds is 7. The molecule has 0 heterocycles. The predicted octanol–water partition coefficient (Wildman–Crippen LogP) is 10.4. The molecule has 224 valence electrons. The Hall–Kier alpha value is -1.48. The zero-order valence-corrected chi connectivity index (χ0v) is 28.2. The third-order valence-corrected chi connectivity index (χ3v) is 15.5. The van der Waals surface area contributed by atoms with Gasteiger partial charge in [0.25, 0.3) is 0 Å². The van der Waals surface area contributed by atoms with Gasteiger partial charge >= 0.3 is 0 Å². The maximum Gasteiger partial charge on any atom is 0 e.